The van der Waals surface area contributed by atoms with Gasteiger partial charge in [-0.1, -0.05) is 61.3 Å². The predicted octanol–water partition coefficient (Wildman–Crippen LogP) is 11.5. The zero-order chi connectivity index (χ0) is 47.9. The molecule has 0 spiro atoms. The Bertz CT molecular complexity index is 2490. The maximum absolute atomic E-state index is 13.6. The lowest BCUT2D eigenvalue weighted by atomic mass is 10.0. The van der Waals surface area contributed by atoms with E-state index in [1.807, 2.05) is 38.1 Å². The average Bonchev–Trinajstić information content (AvgIpc) is 3.29. The van der Waals surface area contributed by atoms with Gasteiger partial charge in [-0.3, -0.25) is 28.8 Å². The van der Waals surface area contributed by atoms with E-state index < -0.39 is 47.3 Å². The molecule has 0 aliphatic rings. The van der Waals surface area contributed by atoms with Crippen LogP contribution in [0.4, 0.5) is 34.1 Å². The third-order valence-electron chi connectivity index (χ3n) is 10.0. The lowest BCUT2D eigenvalue weighted by Crippen LogP contribution is -2.33. The predicted molar refractivity (Wildman–Crippen MR) is 261 cm³/mol. The number of halogens is 4. The zero-order valence-corrected chi connectivity index (χ0v) is 39.4. The first-order valence-electron chi connectivity index (χ1n) is 20.8. The summed E-state index contributed by atoms with van der Waals surface area (Å²) in [7, 11) is 0. The van der Waals surface area contributed by atoms with Crippen LogP contribution in [0.5, 0.6) is 0 Å². The lowest BCUT2D eigenvalue weighted by Gasteiger charge is -2.18. The van der Waals surface area contributed by atoms with Gasteiger partial charge in [0.25, 0.3) is 23.6 Å². The number of carbonyl (C=O) groups is 6. The van der Waals surface area contributed by atoms with Gasteiger partial charge in [0.1, 0.15) is 0 Å². The van der Waals surface area contributed by atoms with E-state index in [-0.39, 0.29) is 32.5 Å². The minimum Gasteiger partial charge on any atom is -0.323 e. The van der Waals surface area contributed by atoms with Gasteiger partial charge in [0.15, 0.2) is 11.6 Å². The van der Waals surface area contributed by atoms with E-state index in [0.717, 1.165) is 11.1 Å². The smallest absolute Gasteiger partial charge is 0.258 e. The van der Waals surface area contributed by atoms with Crippen LogP contribution in [0.2, 0.25) is 10.0 Å². The molecule has 4 N–H and O–H groups in total. The molecule has 5 aromatic carbocycles. The molecule has 0 saturated carbocycles. The number of hydrogen-bond acceptors (Lipinski definition) is 10. The molecule has 2 unspecified atom stereocenters. The Morgan fingerprint density at radius 3 is 1.20 bits per heavy atom. The highest BCUT2D eigenvalue weighted by atomic mass is 35.5. The number of aryl methyl sites for hydroxylation is 4. The highest BCUT2D eigenvalue weighted by Crippen LogP contribution is 2.30. The number of azo groups is 2. The van der Waals surface area contributed by atoms with Gasteiger partial charge in [-0.05, 0) is 135 Å². The molecule has 0 saturated heterocycles. The fourth-order valence-corrected chi connectivity index (χ4v) is 7.26. The maximum atomic E-state index is 13.6. The molecule has 0 aliphatic heterocycles. The van der Waals surface area contributed by atoms with Crippen molar-refractivity contribution < 1.29 is 28.8 Å². The van der Waals surface area contributed by atoms with Gasteiger partial charge in [0, 0.05) is 34.5 Å². The average molecular weight is 973 g/mol. The summed E-state index contributed by atoms with van der Waals surface area (Å²) in [5, 5.41) is 27.8. The minimum atomic E-state index is -1.55. The van der Waals surface area contributed by atoms with Crippen molar-refractivity contribution in [3.8, 4) is 0 Å². The van der Waals surface area contributed by atoms with Gasteiger partial charge in [-0.25, -0.2) is 0 Å². The Morgan fingerprint density at radius 2 is 0.879 bits per heavy atom. The van der Waals surface area contributed by atoms with Gasteiger partial charge < -0.3 is 21.3 Å². The number of ketones is 2. The van der Waals surface area contributed by atoms with Gasteiger partial charge >= 0.3 is 0 Å². The number of nitrogens with zero attached hydrogens (tertiary/aromatic N) is 4. The molecule has 5 aromatic rings. The molecule has 5 rings (SSSR count). The van der Waals surface area contributed by atoms with Crippen molar-refractivity contribution in [2.24, 2.45) is 20.5 Å². The van der Waals surface area contributed by atoms with Crippen molar-refractivity contribution in [1.82, 2.24) is 0 Å². The largest absolute Gasteiger partial charge is 0.323 e. The van der Waals surface area contributed by atoms with Gasteiger partial charge in [0.05, 0.1) is 32.5 Å². The molecule has 0 heterocycles. The van der Waals surface area contributed by atoms with Gasteiger partial charge in [-0.15, -0.1) is 23.2 Å². The van der Waals surface area contributed by atoms with Crippen molar-refractivity contribution in [3.63, 3.8) is 0 Å². The number of alkyl halides is 2. The van der Waals surface area contributed by atoms with Crippen LogP contribution >= 0.6 is 46.4 Å². The summed E-state index contributed by atoms with van der Waals surface area (Å²) in [6.45, 7) is 6.08. The van der Waals surface area contributed by atoms with Crippen LogP contribution in [0, 0.1) is 0 Å². The SMILES string of the molecule is CCc1cc(NC(=O)C(N=Nc2ccc(Cl)c(C(=O)Nc3ccc(CCCl)cc3)c2)C(C)=O)c(CC)cc1NC(=O)C(N=Nc1ccc(Cl)c(C(=O)Nc2ccc(CCCl)cc2)c1)C(C)=O. The zero-order valence-electron chi connectivity index (χ0n) is 36.4. The number of rotatable bonds is 20. The Morgan fingerprint density at radius 1 is 0.515 bits per heavy atom. The van der Waals surface area contributed by atoms with Gasteiger partial charge in [0.2, 0.25) is 12.1 Å². The van der Waals surface area contributed by atoms with E-state index >= 15 is 0 Å². The van der Waals surface area contributed by atoms with Crippen LogP contribution in [-0.2, 0) is 44.9 Å². The maximum Gasteiger partial charge on any atom is 0.258 e. The first kappa shape index (κ1) is 50.7. The van der Waals surface area contributed by atoms with E-state index in [4.69, 9.17) is 46.4 Å². The number of nitrogens with one attached hydrogen (secondary N) is 4. The third-order valence-corrected chi connectivity index (χ3v) is 11.1. The second-order valence-corrected chi connectivity index (χ2v) is 16.4. The second kappa shape index (κ2) is 24.3. The summed E-state index contributed by atoms with van der Waals surface area (Å²) >= 11 is 24.3. The van der Waals surface area contributed by atoms with Crippen LogP contribution in [0.25, 0.3) is 0 Å². The Balaban J connectivity index is 1.28. The first-order chi connectivity index (χ1) is 31.6. The third kappa shape index (κ3) is 13.8. The Kier molecular flexibility index (Phi) is 18.6. The molecule has 4 amide bonds. The standard InChI is InChI=1S/C48H46Cl4N8O6/c1-5-31-23-42(56-48(66)44(28(4)62)60-58-36-16-18-40(52)38(26-36)46(64)54-34-13-9-30(10-14-34)20-22-50)32(6-2)24-41(31)55-47(65)43(27(3)61)59-57-35-15-17-39(51)37(25-35)45(63)53-33-11-7-29(8-12-33)19-21-49/h7-18,23-26,43-44H,5-6,19-22H2,1-4H3,(H,53,63)(H,54,64)(H,55,65)(H,56,66). The monoisotopic (exact) mass is 970 g/mol. The highest BCUT2D eigenvalue weighted by Gasteiger charge is 2.27. The molecule has 0 aliphatic carbocycles. The molecule has 0 fully saturated rings. The fourth-order valence-electron chi connectivity index (χ4n) is 6.42. The van der Waals surface area contributed by atoms with Crippen LogP contribution in [0.1, 0.15) is 70.7 Å². The first-order valence-corrected chi connectivity index (χ1v) is 22.6. The quantitative estimate of drug-likeness (QED) is 0.0340. The number of carbonyl (C=O) groups excluding carboxylic acids is 6. The molecule has 0 aromatic heterocycles. The molecular weight excluding hydrogens is 926 g/mol. The molecule has 2 atom stereocenters. The Labute approximate surface area is 402 Å². The van der Waals surface area contributed by atoms with Crippen LogP contribution in [-0.4, -0.2) is 59.0 Å². The number of Topliss-reactive ketones (excluding diaryl/α,β-unsaturated/α-hetero) is 2. The molecule has 14 nitrogen and oxygen atoms in total. The molecule has 18 heteroatoms. The van der Waals surface area contributed by atoms with Crippen molar-refractivity contribution in [3.05, 3.63) is 140 Å². The summed E-state index contributed by atoms with van der Waals surface area (Å²) in [6, 6.07) is 23.3. The molecule has 66 heavy (non-hydrogen) atoms. The van der Waals surface area contributed by atoms with Crippen molar-refractivity contribution in [1.29, 1.82) is 0 Å². The summed E-state index contributed by atoms with van der Waals surface area (Å²) in [6.07, 6.45) is 2.16. The lowest BCUT2D eigenvalue weighted by molar-refractivity contribution is -0.127. The van der Waals surface area contributed by atoms with Crippen molar-refractivity contribution in [2.75, 3.05) is 33.0 Å². The second-order valence-electron chi connectivity index (χ2n) is 14.8. The van der Waals surface area contributed by atoms with Crippen LogP contribution in [0.15, 0.2) is 118 Å². The summed E-state index contributed by atoms with van der Waals surface area (Å²) < 4.78 is 0. The van der Waals surface area contributed by atoms with Crippen LogP contribution < -0.4 is 21.3 Å². The van der Waals surface area contributed by atoms with Crippen molar-refractivity contribution >= 4 is 116 Å². The number of hydrogen-bond donors (Lipinski definition) is 4. The Hall–Kier alpha value is -6.32. The highest BCUT2D eigenvalue weighted by molar-refractivity contribution is 6.35. The van der Waals surface area contributed by atoms with E-state index in [0.29, 0.717) is 71.3 Å². The van der Waals surface area contributed by atoms with E-state index in [2.05, 4.69) is 41.7 Å². The van der Waals surface area contributed by atoms with Crippen LogP contribution in [0.3, 0.4) is 0 Å². The minimum absolute atomic E-state index is 0.102. The molecular formula is C48H46Cl4N8O6. The van der Waals surface area contributed by atoms with E-state index in [9.17, 15) is 28.8 Å². The van der Waals surface area contributed by atoms with E-state index in [1.54, 1.807) is 36.4 Å². The van der Waals surface area contributed by atoms with E-state index in [1.165, 1.54) is 50.2 Å². The number of benzene rings is 5. The van der Waals surface area contributed by atoms with Crippen molar-refractivity contribution in [2.45, 2.75) is 65.5 Å². The molecule has 342 valence electrons. The normalized spacial score (nSPS) is 12.1. The summed E-state index contributed by atoms with van der Waals surface area (Å²) in [5.41, 5.74) is 5.60. The topological polar surface area (TPSA) is 200 Å². The number of amides is 4. The fraction of sp³-hybridized carbons (Fsp3) is 0.250. The molecule has 0 radical (unpaired) electrons. The van der Waals surface area contributed by atoms with Gasteiger partial charge in [-0.2, -0.15) is 20.5 Å². The summed E-state index contributed by atoms with van der Waals surface area (Å²) in [5.74, 6) is -2.77. The summed E-state index contributed by atoms with van der Waals surface area (Å²) in [4.78, 5) is 78.9. The number of anilines is 4. The molecule has 0 bridgehead atoms.